The Labute approximate surface area is 121 Å². The Morgan fingerprint density at radius 2 is 1.75 bits per heavy atom. The Kier molecular flexibility index (Phi) is 5.19. The molecule has 0 aliphatic carbocycles. The van der Waals surface area contributed by atoms with E-state index < -0.39 is 0 Å². The smallest absolute Gasteiger partial charge is 0.118 e. The largest absolute Gasteiger partial charge is 0.497 e. The zero-order chi connectivity index (χ0) is 14.4. The summed E-state index contributed by atoms with van der Waals surface area (Å²) in [4.78, 5) is 0. The van der Waals surface area contributed by atoms with Crippen LogP contribution < -0.4 is 10.5 Å². The van der Waals surface area contributed by atoms with Crippen LogP contribution in [0.2, 0.25) is 0 Å². The highest BCUT2D eigenvalue weighted by atomic mass is 16.5. The number of hydrogen-bond acceptors (Lipinski definition) is 2. The standard InChI is InChI=1S/C18H23NO/c1-14-5-3-4-6-16(14)9-10-17(19)13-15-7-11-18(20-2)12-8-15/h3-8,11-12,17H,9-10,13,19H2,1-2H3. The maximum Gasteiger partial charge on any atom is 0.118 e. The fourth-order valence-corrected chi connectivity index (χ4v) is 2.40. The van der Waals surface area contributed by atoms with Gasteiger partial charge in [-0.15, -0.1) is 0 Å². The van der Waals surface area contributed by atoms with Crippen LogP contribution in [-0.4, -0.2) is 13.2 Å². The summed E-state index contributed by atoms with van der Waals surface area (Å²) in [5.74, 6) is 0.891. The second-order valence-corrected chi connectivity index (χ2v) is 5.28. The number of rotatable bonds is 6. The Balaban J connectivity index is 1.86. The number of aryl methyl sites for hydroxylation is 2. The molecule has 0 saturated heterocycles. The molecule has 20 heavy (non-hydrogen) atoms. The summed E-state index contributed by atoms with van der Waals surface area (Å²) in [6.45, 7) is 2.16. The van der Waals surface area contributed by atoms with Crippen LogP contribution in [0.1, 0.15) is 23.1 Å². The van der Waals surface area contributed by atoms with Crippen molar-refractivity contribution < 1.29 is 4.74 Å². The van der Waals surface area contributed by atoms with E-state index in [-0.39, 0.29) is 6.04 Å². The zero-order valence-corrected chi connectivity index (χ0v) is 12.3. The Morgan fingerprint density at radius 3 is 2.40 bits per heavy atom. The van der Waals surface area contributed by atoms with Gasteiger partial charge in [0, 0.05) is 6.04 Å². The normalized spacial score (nSPS) is 12.2. The van der Waals surface area contributed by atoms with E-state index in [1.165, 1.54) is 16.7 Å². The molecule has 2 rings (SSSR count). The van der Waals surface area contributed by atoms with E-state index in [2.05, 4.69) is 43.3 Å². The van der Waals surface area contributed by atoms with E-state index in [9.17, 15) is 0 Å². The van der Waals surface area contributed by atoms with Gasteiger partial charge in [-0.05, 0) is 55.0 Å². The molecular formula is C18H23NO. The van der Waals surface area contributed by atoms with Gasteiger partial charge in [-0.3, -0.25) is 0 Å². The van der Waals surface area contributed by atoms with Crippen LogP contribution in [0.25, 0.3) is 0 Å². The average Bonchev–Trinajstić information content (AvgIpc) is 2.47. The first-order valence-corrected chi connectivity index (χ1v) is 7.12. The number of methoxy groups -OCH3 is 1. The quantitative estimate of drug-likeness (QED) is 0.871. The van der Waals surface area contributed by atoms with Gasteiger partial charge in [0.2, 0.25) is 0 Å². The van der Waals surface area contributed by atoms with Crippen LogP contribution in [0, 0.1) is 6.92 Å². The highest BCUT2D eigenvalue weighted by molar-refractivity contribution is 5.28. The summed E-state index contributed by atoms with van der Waals surface area (Å²) in [5.41, 5.74) is 10.3. The maximum atomic E-state index is 6.24. The van der Waals surface area contributed by atoms with E-state index in [0.717, 1.165) is 25.0 Å². The number of benzene rings is 2. The predicted molar refractivity (Wildman–Crippen MR) is 84.2 cm³/mol. The maximum absolute atomic E-state index is 6.24. The Hall–Kier alpha value is -1.80. The van der Waals surface area contributed by atoms with Crippen LogP contribution >= 0.6 is 0 Å². The number of nitrogens with two attached hydrogens (primary N) is 1. The van der Waals surface area contributed by atoms with Gasteiger partial charge in [0.25, 0.3) is 0 Å². The molecule has 0 heterocycles. The molecule has 0 saturated carbocycles. The molecule has 0 radical (unpaired) electrons. The Morgan fingerprint density at radius 1 is 1.05 bits per heavy atom. The summed E-state index contributed by atoms with van der Waals surface area (Å²) >= 11 is 0. The molecule has 0 aliphatic rings. The van der Waals surface area contributed by atoms with Gasteiger partial charge in [0.1, 0.15) is 5.75 Å². The van der Waals surface area contributed by atoms with E-state index in [1.54, 1.807) is 7.11 Å². The molecule has 0 aromatic heterocycles. The third kappa shape index (κ3) is 4.10. The summed E-state index contributed by atoms with van der Waals surface area (Å²) in [7, 11) is 1.68. The summed E-state index contributed by atoms with van der Waals surface area (Å²) in [6, 6.07) is 16.9. The van der Waals surface area contributed by atoms with Crippen molar-refractivity contribution in [2.75, 3.05) is 7.11 Å². The fourth-order valence-electron chi connectivity index (χ4n) is 2.40. The SMILES string of the molecule is COc1ccc(CC(N)CCc2ccccc2C)cc1. The first kappa shape index (κ1) is 14.6. The van der Waals surface area contributed by atoms with Gasteiger partial charge in [-0.25, -0.2) is 0 Å². The van der Waals surface area contributed by atoms with Crippen molar-refractivity contribution in [1.82, 2.24) is 0 Å². The van der Waals surface area contributed by atoms with Gasteiger partial charge in [-0.1, -0.05) is 36.4 Å². The second-order valence-electron chi connectivity index (χ2n) is 5.28. The lowest BCUT2D eigenvalue weighted by Gasteiger charge is -2.13. The molecule has 0 bridgehead atoms. The van der Waals surface area contributed by atoms with Crippen molar-refractivity contribution in [2.45, 2.75) is 32.2 Å². The Bertz CT molecular complexity index is 533. The summed E-state index contributed by atoms with van der Waals surface area (Å²) < 4.78 is 5.16. The minimum atomic E-state index is 0.197. The van der Waals surface area contributed by atoms with Crippen LogP contribution in [0.3, 0.4) is 0 Å². The second kappa shape index (κ2) is 7.11. The monoisotopic (exact) mass is 269 g/mol. The highest BCUT2D eigenvalue weighted by Gasteiger charge is 2.06. The van der Waals surface area contributed by atoms with Crippen molar-refractivity contribution in [3.05, 3.63) is 65.2 Å². The highest BCUT2D eigenvalue weighted by Crippen LogP contribution is 2.15. The van der Waals surface area contributed by atoms with Crippen molar-refractivity contribution in [3.8, 4) is 5.75 Å². The molecule has 0 aliphatic heterocycles. The van der Waals surface area contributed by atoms with Gasteiger partial charge in [0.05, 0.1) is 7.11 Å². The molecule has 2 heteroatoms. The minimum Gasteiger partial charge on any atom is -0.497 e. The van der Waals surface area contributed by atoms with E-state index in [4.69, 9.17) is 10.5 Å². The van der Waals surface area contributed by atoms with Gasteiger partial charge in [0.15, 0.2) is 0 Å². The van der Waals surface area contributed by atoms with Gasteiger partial charge < -0.3 is 10.5 Å². The lowest BCUT2D eigenvalue weighted by atomic mass is 9.97. The molecule has 2 aromatic carbocycles. The zero-order valence-electron chi connectivity index (χ0n) is 12.3. The molecule has 1 atom stereocenters. The molecule has 106 valence electrons. The van der Waals surface area contributed by atoms with Crippen molar-refractivity contribution in [3.63, 3.8) is 0 Å². The van der Waals surface area contributed by atoms with Crippen LogP contribution in [0.15, 0.2) is 48.5 Å². The number of ether oxygens (including phenoxy) is 1. The van der Waals surface area contributed by atoms with Gasteiger partial charge in [-0.2, -0.15) is 0 Å². The van der Waals surface area contributed by atoms with Gasteiger partial charge >= 0.3 is 0 Å². The molecule has 2 nitrogen and oxygen atoms in total. The molecular weight excluding hydrogens is 246 g/mol. The van der Waals surface area contributed by atoms with E-state index in [1.807, 2.05) is 12.1 Å². The number of hydrogen-bond donors (Lipinski definition) is 1. The summed E-state index contributed by atoms with van der Waals surface area (Å²) in [6.07, 6.45) is 2.97. The molecule has 1 unspecified atom stereocenters. The van der Waals surface area contributed by atoms with Crippen LogP contribution in [0.5, 0.6) is 5.75 Å². The van der Waals surface area contributed by atoms with Crippen molar-refractivity contribution in [2.24, 2.45) is 5.73 Å². The lowest BCUT2D eigenvalue weighted by molar-refractivity contribution is 0.414. The predicted octanol–water partition coefficient (Wildman–Crippen LogP) is 3.51. The topological polar surface area (TPSA) is 35.2 Å². The third-order valence-electron chi connectivity index (χ3n) is 3.70. The third-order valence-corrected chi connectivity index (χ3v) is 3.70. The molecule has 2 N–H and O–H groups in total. The van der Waals surface area contributed by atoms with Crippen LogP contribution in [0.4, 0.5) is 0 Å². The molecule has 0 fully saturated rings. The van der Waals surface area contributed by atoms with Crippen molar-refractivity contribution >= 4 is 0 Å². The summed E-state index contributed by atoms with van der Waals surface area (Å²) in [5, 5.41) is 0. The minimum absolute atomic E-state index is 0.197. The molecule has 0 amide bonds. The molecule has 2 aromatic rings. The van der Waals surface area contributed by atoms with Crippen molar-refractivity contribution in [1.29, 1.82) is 0 Å². The first-order chi connectivity index (χ1) is 9.69. The first-order valence-electron chi connectivity index (χ1n) is 7.12. The molecule has 0 spiro atoms. The van der Waals surface area contributed by atoms with E-state index >= 15 is 0 Å². The average molecular weight is 269 g/mol. The van der Waals surface area contributed by atoms with E-state index in [0.29, 0.717) is 0 Å². The van der Waals surface area contributed by atoms with Crippen LogP contribution in [-0.2, 0) is 12.8 Å². The fraction of sp³-hybridized carbons (Fsp3) is 0.333. The lowest BCUT2D eigenvalue weighted by Crippen LogP contribution is -2.23.